The van der Waals surface area contributed by atoms with E-state index >= 15 is 0 Å². The van der Waals surface area contributed by atoms with E-state index < -0.39 is 35.3 Å². The maximum atomic E-state index is 13.8. The average Bonchev–Trinajstić information content (AvgIpc) is 3.47. The number of carboxylic acids is 1. The van der Waals surface area contributed by atoms with Crippen LogP contribution in [0.1, 0.15) is 22.6 Å². The Kier molecular flexibility index (Phi) is 7.94. The Labute approximate surface area is 234 Å². The number of amides is 1. The van der Waals surface area contributed by atoms with Gasteiger partial charge in [0.25, 0.3) is 0 Å². The summed E-state index contributed by atoms with van der Waals surface area (Å²) in [5.74, 6) is -2.52. The Bertz CT molecular complexity index is 1410. The van der Waals surface area contributed by atoms with Gasteiger partial charge < -0.3 is 29.1 Å². The van der Waals surface area contributed by atoms with E-state index in [0.29, 0.717) is 39.8 Å². The second kappa shape index (κ2) is 11.3. The van der Waals surface area contributed by atoms with E-state index in [2.05, 4.69) is 17.3 Å². The highest BCUT2D eigenvalue weighted by Gasteiger charge is 2.46. The van der Waals surface area contributed by atoms with Crippen LogP contribution < -0.4 is 14.8 Å². The largest absolute Gasteiger partial charge is 0.493 e. The topological polar surface area (TPSA) is 107 Å². The summed E-state index contributed by atoms with van der Waals surface area (Å²) in [5, 5.41) is 12.9. The number of nitrogens with one attached hydrogen (secondary N) is 1. The predicted octanol–water partition coefficient (Wildman–Crippen LogP) is 3.31. The van der Waals surface area contributed by atoms with Crippen LogP contribution in [0, 0.1) is 17.0 Å². The van der Waals surface area contributed by atoms with Crippen molar-refractivity contribution in [3.63, 3.8) is 0 Å². The molecule has 1 fully saturated rings. The van der Waals surface area contributed by atoms with Crippen LogP contribution >= 0.6 is 11.3 Å². The lowest BCUT2D eigenvalue weighted by molar-refractivity contribution is -0.916. The molecule has 2 heterocycles. The van der Waals surface area contributed by atoms with Gasteiger partial charge in [-0.2, -0.15) is 0 Å². The molecular weight excluding hydrogens is 544 g/mol. The van der Waals surface area contributed by atoms with Crippen molar-refractivity contribution in [2.45, 2.75) is 25.8 Å². The van der Waals surface area contributed by atoms with Gasteiger partial charge in [0.05, 0.1) is 56.0 Å². The first-order valence-electron chi connectivity index (χ1n) is 13.1. The molecule has 2 aliphatic rings. The summed E-state index contributed by atoms with van der Waals surface area (Å²) in [6, 6.07) is 5.76. The molecule has 5 rings (SSSR count). The van der Waals surface area contributed by atoms with E-state index in [1.807, 2.05) is 12.1 Å². The zero-order valence-corrected chi connectivity index (χ0v) is 23.2. The summed E-state index contributed by atoms with van der Waals surface area (Å²) in [6.45, 7) is 4.78. The monoisotopic (exact) mass is 576 g/mol. The Hall–Kier alpha value is -3.35. The summed E-state index contributed by atoms with van der Waals surface area (Å²) in [7, 11) is 3.76. The molecule has 214 valence electrons. The zero-order valence-electron chi connectivity index (χ0n) is 22.4. The van der Waals surface area contributed by atoms with Gasteiger partial charge in [0.1, 0.15) is 31.2 Å². The molecule has 9 nitrogen and oxygen atoms in total. The van der Waals surface area contributed by atoms with Crippen LogP contribution in [0.5, 0.6) is 11.5 Å². The average molecular weight is 577 g/mol. The van der Waals surface area contributed by atoms with Gasteiger partial charge in [-0.05, 0) is 36.1 Å². The fourth-order valence-corrected chi connectivity index (χ4v) is 6.38. The maximum absolute atomic E-state index is 13.8. The molecular formula is C28H32F2N3O6S+. The third-order valence-electron chi connectivity index (χ3n) is 7.83. The number of quaternary nitrogens is 1. The summed E-state index contributed by atoms with van der Waals surface area (Å²) >= 11 is 1.38. The zero-order chi connectivity index (χ0) is 28.5. The predicted molar refractivity (Wildman–Crippen MR) is 144 cm³/mol. The van der Waals surface area contributed by atoms with Crippen LogP contribution in [-0.2, 0) is 33.7 Å². The van der Waals surface area contributed by atoms with Crippen molar-refractivity contribution in [1.29, 1.82) is 0 Å². The van der Waals surface area contributed by atoms with Gasteiger partial charge >= 0.3 is 5.97 Å². The Balaban J connectivity index is 1.27. The van der Waals surface area contributed by atoms with Crippen molar-refractivity contribution in [1.82, 2.24) is 10.3 Å². The number of carbonyl (C=O) groups excluding carboxylic acids is 1. The number of thiazole rings is 1. The lowest BCUT2D eigenvalue weighted by atomic mass is 9.80. The fraction of sp³-hybridized carbons (Fsp3) is 0.464. The van der Waals surface area contributed by atoms with E-state index in [4.69, 9.17) is 14.2 Å². The third-order valence-corrected chi connectivity index (χ3v) is 8.85. The first kappa shape index (κ1) is 28.2. The Morgan fingerprint density at radius 1 is 1.12 bits per heavy atom. The molecule has 1 aromatic heterocycles. The molecule has 1 saturated heterocycles. The molecule has 3 aromatic rings. The number of carboxylic acid groups (broad SMARTS) is 1. The molecule has 2 aromatic carbocycles. The third kappa shape index (κ3) is 5.89. The molecule has 0 spiro atoms. The lowest BCUT2D eigenvalue weighted by Gasteiger charge is -2.37. The number of benzene rings is 2. The smallest absolute Gasteiger partial charge is 0.304 e. The Morgan fingerprint density at radius 2 is 1.80 bits per heavy atom. The number of nitrogens with zero attached hydrogens (tertiary/aromatic N) is 2. The van der Waals surface area contributed by atoms with Crippen LogP contribution in [0.4, 0.5) is 8.78 Å². The van der Waals surface area contributed by atoms with Crippen LogP contribution in [0.15, 0.2) is 24.3 Å². The molecule has 0 saturated carbocycles. The number of carbonyl (C=O) groups is 2. The number of aliphatic carboxylic acids is 1. The van der Waals surface area contributed by atoms with Crippen molar-refractivity contribution in [3.05, 3.63) is 52.0 Å². The summed E-state index contributed by atoms with van der Waals surface area (Å²) in [5.41, 5.74) is 0.241. The number of hydrogen-bond donors (Lipinski definition) is 2. The second-order valence-electron chi connectivity index (χ2n) is 10.8. The Morgan fingerprint density at radius 3 is 2.42 bits per heavy atom. The number of likely N-dealkylation sites (N-methyl/N-ethyl adjacent to an activating group) is 1. The standard InChI is InChI=1S/C28H31F2N3O6S/c1-33(3-6-38-7-4-33)5-8-39-23-11-21-24(12-22(23)37-2)40-25(32-21)16-31-27(36)28(15-26(34)35)13-17-9-19(29)20(30)10-18(17)14-28/h9-12H,3-8,13-16H2,1-2H3,(H-,31,34,35,36)/p+1. The van der Waals surface area contributed by atoms with Crippen LogP contribution in [0.2, 0.25) is 0 Å². The minimum atomic E-state index is -1.34. The lowest BCUT2D eigenvalue weighted by Crippen LogP contribution is -2.53. The van der Waals surface area contributed by atoms with Crippen molar-refractivity contribution < 1.29 is 42.2 Å². The van der Waals surface area contributed by atoms with Crippen molar-refractivity contribution in [2.24, 2.45) is 5.41 Å². The van der Waals surface area contributed by atoms with Gasteiger partial charge in [0.15, 0.2) is 23.1 Å². The van der Waals surface area contributed by atoms with E-state index in [9.17, 15) is 23.5 Å². The summed E-state index contributed by atoms with van der Waals surface area (Å²) in [4.78, 5) is 29.6. The summed E-state index contributed by atoms with van der Waals surface area (Å²) < 4.78 is 46.4. The number of halogens is 2. The molecule has 0 unspecified atom stereocenters. The molecule has 0 radical (unpaired) electrons. The van der Waals surface area contributed by atoms with Crippen molar-refractivity contribution >= 4 is 33.4 Å². The van der Waals surface area contributed by atoms with E-state index in [0.717, 1.165) is 54.2 Å². The minimum Gasteiger partial charge on any atom is -0.493 e. The number of rotatable bonds is 10. The minimum absolute atomic E-state index is 0.0141. The van der Waals surface area contributed by atoms with Gasteiger partial charge in [-0.15, -0.1) is 11.3 Å². The molecule has 0 atom stereocenters. The molecule has 0 bridgehead atoms. The van der Waals surface area contributed by atoms with E-state index in [-0.39, 0.29) is 19.4 Å². The fourth-order valence-electron chi connectivity index (χ4n) is 5.46. The quantitative estimate of drug-likeness (QED) is 0.357. The van der Waals surface area contributed by atoms with Gasteiger partial charge in [-0.1, -0.05) is 0 Å². The SMILES string of the molecule is COc1cc2sc(CNC(=O)C3(CC(=O)O)Cc4cc(F)c(F)cc4C3)nc2cc1OCC[N+]1(C)CCOCC1. The number of morpholine rings is 1. The highest BCUT2D eigenvalue weighted by atomic mass is 32.1. The molecule has 1 aliphatic heterocycles. The van der Waals surface area contributed by atoms with E-state index in [1.54, 1.807) is 7.11 Å². The van der Waals surface area contributed by atoms with Crippen molar-refractivity contribution in [3.8, 4) is 11.5 Å². The van der Waals surface area contributed by atoms with Crippen LogP contribution in [0.3, 0.4) is 0 Å². The summed E-state index contributed by atoms with van der Waals surface area (Å²) in [6.07, 6.45) is -0.431. The van der Waals surface area contributed by atoms with Crippen molar-refractivity contribution in [2.75, 3.05) is 53.6 Å². The second-order valence-corrected chi connectivity index (χ2v) is 11.9. The maximum Gasteiger partial charge on any atom is 0.304 e. The molecule has 1 aliphatic carbocycles. The number of methoxy groups -OCH3 is 1. The molecule has 1 amide bonds. The number of hydrogen-bond acceptors (Lipinski definition) is 7. The van der Waals surface area contributed by atoms with Crippen LogP contribution in [-0.4, -0.2) is 80.1 Å². The highest BCUT2D eigenvalue weighted by molar-refractivity contribution is 7.18. The number of aromatic nitrogens is 1. The molecule has 40 heavy (non-hydrogen) atoms. The number of fused-ring (bicyclic) bond motifs is 2. The molecule has 2 N–H and O–H groups in total. The first-order valence-corrected chi connectivity index (χ1v) is 13.9. The van der Waals surface area contributed by atoms with Gasteiger partial charge in [-0.3, -0.25) is 9.59 Å². The highest BCUT2D eigenvalue weighted by Crippen LogP contribution is 2.41. The van der Waals surface area contributed by atoms with Crippen LogP contribution in [0.25, 0.3) is 10.2 Å². The van der Waals surface area contributed by atoms with E-state index in [1.165, 1.54) is 11.3 Å². The normalized spacial score (nSPS) is 17.4. The van der Waals surface area contributed by atoms with Gasteiger partial charge in [0.2, 0.25) is 5.91 Å². The first-order chi connectivity index (χ1) is 19.1. The van der Waals surface area contributed by atoms with Gasteiger partial charge in [0, 0.05) is 12.1 Å². The van der Waals surface area contributed by atoms with Gasteiger partial charge in [-0.25, -0.2) is 13.8 Å². The molecule has 12 heteroatoms. The number of ether oxygens (including phenoxy) is 3.